The quantitative estimate of drug-likeness (QED) is 0.724. The molecule has 2 N–H and O–H groups in total. The predicted octanol–water partition coefficient (Wildman–Crippen LogP) is 3.12. The van der Waals surface area contributed by atoms with Gasteiger partial charge in [0.25, 0.3) is 0 Å². The van der Waals surface area contributed by atoms with Gasteiger partial charge in [0.15, 0.2) is 11.5 Å². The number of hydrogen-bond donors (Lipinski definition) is 2. The molecule has 1 fully saturated rings. The molecule has 0 aromatic heterocycles. The molecule has 96 valence electrons. The lowest BCUT2D eigenvalue weighted by atomic mass is 9.90. The van der Waals surface area contributed by atoms with Gasteiger partial charge in [0.2, 0.25) is 0 Å². The zero-order valence-corrected chi connectivity index (χ0v) is 11.8. The SMILES string of the molecule is CC(C)[N+]1(C)CC2C(Cl)=C(O)C(O)=C(Cl)C2C1. The van der Waals surface area contributed by atoms with Crippen LogP contribution in [0.3, 0.4) is 0 Å². The minimum absolute atomic E-state index is 0.0208. The average molecular weight is 279 g/mol. The van der Waals surface area contributed by atoms with E-state index in [1.54, 1.807) is 0 Å². The molecule has 5 heteroatoms. The Balaban J connectivity index is 2.41. The predicted molar refractivity (Wildman–Crippen MR) is 69.1 cm³/mol. The number of quaternary nitrogens is 1. The number of fused-ring (bicyclic) bond motifs is 1. The fourth-order valence-electron chi connectivity index (χ4n) is 2.74. The normalized spacial score (nSPS) is 38.0. The van der Waals surface area contributed by atoms with Gasteiger partial charge < -0.3 is 14.7 Å². The molecule has 2 unspecified atom stereocenters. The van der Waals surface area contributed by atoms with Gasteiger partial charge in [-0.25, -0.2) is 0 Å². The molecular weight excluding hydrogens is 261 g/mol. The highest BCUT2D eigenvalue weighted by atomic mass is 35.5. The van der Waals surface area contributed by atoms with Crippen molar-refractivity contribution in [1.82, 2.24) is 0 Å². The summed E-state index contributed by atoms with van der Waals surface area (Å²) in [6.45, 7) is 6.00. The van der Waals surface area contributed by atoms with E-state index < -0.39 is 0 Å². The first-order valence-electron chi connectivity index (χ1n) is 5.79. The van der Waals surface area contributed by atoms with Gasteiger partial charge in [-0.2, -0.15) is 0 Å². The second-order valence-corrected chi connectivity index (χ2v) is 6.36. The van der Waals surface area contributed by atoms with Crippen LogP contribution in [0.5, 0.6) is 0 Å². The van der Waals surface area contributed by atoms with Crippen LogP contribution in [-0.4, -0.2) is 40.9 Å². The minimum atomic E-state index is -0.255. The summed E-state index contributed by atoms with van der Waals surface area (Å²) in [5, 5.41) is 20.1. The number of hydrogen-bond acceptors (Lipinski definition) is 2. The molecular formula is C12H18Cl2NO2+. The zero-order valence-electron chi connectivity index (χ0n) is 10.2. The van der Waals surface area contributed by atoms with E-state index in [4.69, 9.17) is 23.2 Å². The Labute approximate surface area is 112 Å². The maximum atomic E-state index is 9.72. The van der Waals surface area contributed by atoms with Crippen molar-refractivity contribution >= 4 is 23.2 Å². The molecule has 2 aliphatic rings. The average Bonchev–Trinajstić information content (AvgIpc) is 2.63. The van der Waals surface area contributed by atoms with Crippen molar-refractivity contribution in [2.75, 3.05) is 20.1 Å². The molecule has 1 saturated heterocycles. The standard InChI is InChI=1S/C12H17Cl2NO2/c1-6(2)15(3)4-7-8(5-15)10(14)12(17)11(16)9(7)13/h6-8H,4-5H2,1-3H3,(H-,16,17)/p+1. The summed E-state index contributed by atoms with van der Waals surface area (Å²) in [6, 6.07) is 0.457. The Kier molecular flexibility index (Phi) is 3.13. The van der Waals surface area contributed by atoms with E-state index in [-0.39, 0.29) is 23.4 Å². The third-order valence-electron chi connectivity index (χ3n) is 4.29. The van der Waals surface area contributed by atoms with E-state index in [1.165, 1.54) is 0 Å². The molecule has 0 radical (unpaired) electrons. The summed E-state index contributed by atoms with van der Waals surface area (Å²) >= 11 is 12.3. The summed E-state index contributed by atoms with van der Waals surface area (Å²) < 4.78 is 0.850. The Bertz CT molecular complexity index is 383. The van der Waals surface area contributed by atoms with E-state index in [1.807, 2.05) is 0 Å². The molecule has 0 amide bonds. The molecule has 0 aromatic carbocycles. The second kappa shape index (κ2) is 4.08. The number of halogens is 2. The van der Waals surface area contributed by atoms with Gasteiger partial charge >= 0.3 is 0 Å². The first kappa shape index (κ1) is 13.1. The monoisotopic (exact) mass is 278 g/mol. The zero-order chi connectivity index (χ0) is 13.0. The van der Waals surface area contributed by atoms with Crippen molar-refractivity contribution in [2.24, 2.45) is 11.8 Å². The third kappa shape index (κ3) is 1.85. The van der Waals surface area contributed by atoms with Gasteiger partial charge in [0.1, 0.15) is 0 Å². The van der Waals surface area contributed by atoms with Crippen molar-refractivity contribution in [3.63, 3.8) is 0 Å². The van der Waals surface area contributed by atoms with Crippen LogP contribution in [-0.2, 0) is 0 Å². The van der Waals surface area contributed by atoms with E-state index in [0.29, 0.717) is 16.1 Å². The van der Waals surface area contributed by atoms with Crippen LogP contribution in [0.15, 0.2) is 21.6 Å². The summed E-state index contributed by atoms with van der Waals surface area (Å²) in [5.74, 6) is -0.467. The van der Waals surface area contributed by atoms with E-state index in [2.05, 4.69) is 20.9 Å². The Morgan fingerprint density at radius 2 is 1.41 bits per heavy atom. The topological polar surface area (TPSA) is 40.5 Å². The number of aliphatic hydroxyl groups is 2. The fourth-order valence-corrected chi connectivity index (χ4v) is 3.36. The lowest BCUT2D eigenvalue weighted by Gasteiger charge is -2.34. The van der Waals surface area contributed by atoms with Crippen molar-refractivity contribution in [3.8, 4) is 0 Å². The van der Waals surface area contributed by atoms with Crippen molar-refractivity contribution in [1.29, 1.82) is 0 Å². The maximum absolute atomic E-state index is 9.72. The largest absolute Gasteiger partial charge is 0.503 e. The second-order valence-electron chi connectivity index (χ2n) is 5.54. The fraction of sp³-hybridized carbons (Fsp3) is 0.667. The Morgan fingerprint density at radius 1 is 1.06 bits per heavy atom. The van der Waals surface area contributed by atoms with Crippen molar-refractivity contribution < 1.29 is 14.7 Å². The van der Waals surface area contributed by atoms with Crippen molar-refractivity contribution in [3.05, 3.63) is 21.6 Å². The molecule has 0 saturated carbocycles. The Hall–Kier alpha value is -0.380. The van der Waals surface area contributed by atoms with Gasteiger partial charge in [-0.3, -0.25) is 0 Å². The van der Waals surface area contributed by atoms with E-state index >= 15 is 0 Å². The van der Waals surface area contributed by atoms with Gasteiger partial charge in [-0.1, -0.05) is 23.2 Å². The molecule has 0 bridgehead atoms. The molecule has 0 spiro atoms. The van der Waals surface area contributed by atoms with Crippen LogP contribution in [0, 0.1) is 11.8 Å². The minimum Gasteiger partial charge on any atom is -0.503 e. The van der Waals surface area contributed by atoms with Gasteiger partial charge in [0, 0.05) is 0 Å². The van der Waals surface area contributed by atoms with Crippen LogP contribution in [0.4, 0.5) is 0 Å². The lowest BCUT2D eigenvalue weighted by molar-refractivity contribution is -0.920. The number of aliphatic hydroxyl groups excluding tert-OH is 2. The smallest absolute Gasteiger partial charge is 0.174 e. The number of nitrogens with zero attached hydrogens (tertiary/aromatic N) is 1. The van der Waals surface area contributed by atoms with Crippen LogP contribution in [0.1, 0.15) is 13.8 Å². The molecule has 0 aromatic rings. The van der Waals surface area contributed by atoms with Crippen LogP contribution in [0.2, 0.25) is 0 Å². The highest BCUT2D eigenvalue weighted by Crippen LogP contribution is 2.47. The Morgan fingerprint density at radius 3 is 1.71 bits per heavy atom. The van der Waals surface area contributed by atoms with Crippen LogP contribution in [0.25, 0.3) is 0 Å². The molecule has 2 atom stereocenters. The highest BCUT2D eigenvalue weighted by Gasteiger charge is 2.50. The number of likely N-dealkylation sites (tertiary alicyclic amines) is 1. The molecule has 2 rings (SSSR count). The van der Waals surface area contributed by atoms with Crippen LogP contribution >= 0.6 is 23.2 Å². The lowest BCUT2D eigenvalue weighted by Crippen LogP contribution is -2.47. The molecule has 3 nitrogen and oxygen atoms in total. The highest BCUT2D eigenvalue weighted by molar-refractivity contribution is 6.33. The molecule has 1 aliphatic heterocycles. The summed E-state index contributed by atoms with van der Waals surface area (Å²) in [5.41, 5.74) is 0. The van der Waals surface area contributed by atoms with E-state index in [0.717, 1.165) is 17.6 Å². The van der Waals surface area contributed by atoms with Crippen LogP contribution < -0.4 is 0 Å². The number of rotatable bonds is 1. The van der Waals surface area contributed by atoms with Gasteiger partial charge in [-0.15, -0.1) is 0 Å². The first-order valence-corrected chi connectivity index (χ1v) is 6.55. The maximum Gasteiger partial charge on any atom is 0.174 e. The van der Waals surface area contributed by atoms with Gasteiger partial charge in [-0.05, 0) is 13.8 Å². The molecule has 1 heterocycles. The summed E-state index contributed by atoms with van der Waals surface area (Å²) in [7, 11) is 2.16. The van der Waals surface area contributed by atoms with Crippen molar-refractivity contribution in [2.45, 2.75) is 19.9 Å². The summed E-state index contributed by atoms with van der Waals surface area (Å²) in [4.78, 5) is 0. The first-order chi connectivity index (χ1) is 7.78. The van der Waals surface area contributed by atoms with Gasteiger partial charge in [0.05, 0.1) is 48.1 Å². The van der Waals surface area contributed by atoms with E-state index in [9.17, 15) is 10.2 Å². The molecule has 17 heavy (non-hydrogen) atoms. The summed E-state index contributed by atoms with van der Waals surface area (Å²) in [6.07, 6.45) is 0. The molecule has 1 aliphatic carbocycles. The third-order valence-corrected chi connectivity index (χ3v) is 5.21.